The molecule has 2 aromatic carbocycles. The first-order valence-electron chi connectivity index (χ1n) is 15.3. The number of carboxylic acids is 1. The number of benzene rings is 2. The number of hydrogen-bond donors (Lipinski definition) is 3. The Bertz CT molecular complexity index is 1420. The molecule has 3 atom stereocenters. The molecule has 0 aliphatic carbocycles. The number of halogens is 1. The number of methoxy groups -OCH3 is 2. The van der Waals surface area contributed by atoms with Crippen molar-refractivity contribution in [1.82, 2.24) is 4.90 Å². The van der Waals surface area contributed by atoms with Gasteiger partial charge in [0.15, 0.2) is 11.5 Å². The molecule has 2 heterocycles. The molecule has 1 saturated heterocycles. The van der Waals surface area contributed by atoms with E-state index in [4.69, 9.17) is 36.7 Å². The van der Waals surface area contributed by atoms with E-state index in [1.165, 1.54) is 0 Å². The predicted octanol–water partition coefficient (Wildman–Crippen LogP) is 6.01. The van der Waals surface area contributed by atoms with Crippen molar-refractivity contribution >= 4 is 35.0 Å². The number of aliphatic carboxylic acids is 1. The fourth-order valence-electron chi connectivity index (χ4n) is 6.13. The van der Waals surface area contributed by atoms with Gasteiger partial charge in [0.2, 0.25) is 5.91 Å². The van der Waals surface area contributed by atoms with E-state index < -0.39 is 24.3 Å². The van der Waals surface area contributed by atoms with Crippen LogP contribution in [0, 0.1) is 16.7 Å². The maximum absolute atomic E-state index is 13.1. The highest BCUT2D eigenvalue weighted by molar-refractivity contribution is 6.30. The third kappa shape index (κ3) is 8.36. The van der Waals surface area contributed by atoms with Crippen molar-refractivity contribution in [2.24, 2.45) is 17.1 Å². The zero-order chi connectivity index (χ0) is 32.9. The van der Waals surface area contributed by atoms with Gasteiger partial charge in [0.05, 0.1) is 26.1 Å². The number of nitrogens with one attached hydrogen (secondary N) is 1. The van der Waals surface area contributed by atoms with Crippen molar-refractivity contribution < 1.29 is 28.9 Å². The summed E-state index contributed by atoms with van der Waals surface area (Å²) in [7, 11) is 3.14. The van der Waals surface area contributed by atoms with Gasteiger partial charge < -0.3 is 34.9 Å². The molecule has 2 aliphatic rings. The average molecular weight is 641 g/mol. The number of para-hydroxylation sites is 1. The molecule has 2 aliphatic heterocycles. The van der Waals surface area contributed by atoms with Crippen LogP contribution in [0.1, 0.15) is 70.1 Å². The summed E-state index contributed by atoms with van der Waals surface area (Å²) >= 11 is 6.55. The molecule has 11 heteroatoms. The maximum atomic E-state index is 13.1. The van der Waals surface area contributed by atoms with Gasteiger partial charge in [-0.15, -0.1) is 0 Å². The van der Waals surface area contributed by atoms with Crippen molar-refractivity contribution in [1.29, 1.82) is 5.41 Å². The minimum Gasteiger partial charge on any atom is -0.493 e. The average Bonchev–Trinajstić information content (AvgIpc) is 3.09. The van der Waals surface area contributed by atoms with Gasteiger partial charge in [-0.1, -0.05) is 56.7 Å². The molecule has 2 aromatic rings. The first-order chi connectivity index (χ1) is 21.3. The number of nitrogens with two attached hydrogens (primary N) is 1. The topological polar surface area (TPSA) is 138 Å². The van der Waals surface area contributed by atoms with Crippen LogP contribution in [0.2, 0.25) is 5.02 Å². The van der Waals surface area contributed by atoms with E-state index in [9.17, 15) is 15.0 Å². The van der Waals surface area contributed by atoms with E-state index in [1.807, 2.05) is 24.3 Å². The number of piperidine rings is 1. The molecule has 4 N–H and O–H groups in total. The van der Waals surface area contributed by atoms with Crippen molar-refractivity contribution in [3.63, 3.8) is 0 Å². The lowest BCUT2D eigenvalue weighted by Gasteiger charge is -2.35. The smallest absolute Gasteiger partial charge is 0.303 e. The standard InChI is InChI=1S/C34H45ClN4O6/c1-34(2,3)20-28(36)39-25-13-12-22(35)19-24(25)31(23-8-6-9-26(43-4)32(23)44-5)45-27(33(39)37)10-7-11-29(40)38-16-14-21(15-17-38)18-30(41)42/h6-10,12-13,19,21,27-28,31,37H,11,14-18,20,36H2,1-5H3,(H,41,42)/b10-7+,37-33?/t27?,28?,31-/m1/s1. The highest BCUT2D eigenvalue weighted by Crippen LogP contribution is 2.45. The molecular weight excluding hydrogens is 596 g/mol. The van der Waals surface area contributed by atoms with Crippen LogP contribution < -0.4 is 20.1 Å². The molecule has 2 unspecified atom stereocenters. The van der Waals surface area contributed by atoms with Gasteiger partial charge in [-0.05, 0) is 54.9 Å². The summed E-state index contributed by atoms with van der Waals surface area (Å²) in [6.07, 6.45) is 3.54. The number of hydrogen-bond acceptors (Lipinski definition) is 7. The maximum Gasteiger partial charge on any atom is 0.303 e. The van der Waals surface area contributed by atoms with Crippen LogP contribution in [-0.4, -0.2) is 67.3 Å². The zero-order valence-electron chi connectivity index (χ0n) is 26.7. The monoisotopic (exact) mass is 640 g/mol. The van der Waals surface area contributed by atoms with Crippen molar-refractivity contribution in [3.05, 3.63) is 64.7 Å². The van der Waals surface area contributed by atoms with Gasteiger partial charge in [0, 0.05) is 42.1 Å². The minimum absolute atomic E-state index is 0.0532. The van der Waals surface area contributed by atoms with E-state index in [1.54, 1.807) is 48.3 Å². The van der Waals surface area contributed by atoms with E-state index in [0.717, 1.165) is 5.56 Å². The number of carbonyl (C=O) groups is 2. The Hall–Kier alpha value is -3.60. The molecule has 0 radical (unpaired) electrons. The van der Waals surface area contributed by atoms with Crippen molar-refractivity contribution in [2.45, 2.75) is 71.2 Å². The molecule has 0 saturated carbocycles. The number of anilines is 1. The number of amides is 1. The van der Waals surface area contributed by atoms with Crippen molar-refractivity contribution in [2.75, 3.05) is 32.2 Å². The Labute approximate surface area is 270 Å². The number of rotatable bonds is 10. The molecule has 0 bridgehead atoms. The van der Waals surface area contributed by atoms with Gasteiger partial charge in [-0.25, -0.2) is 0 Å². The van der Waals surface area contributed by atoms with Gasteiger partial charge in [0.1, 0.15) is 18.0 Å². The van der Waals surface area contributed by atoms with Crippen LogP contribution in [0.3, 0.4) is 0 Å². The summed E-state index contributed by atoms with van der Waals surface area (Å²) in [6, 6.07) is 11.0. The number of carboxylic acid groups (broad SMARTS) is 1. The second-order valence-corrected chi connectivity index (χ2v) is 13.3. The second kappa shape index (κ2) is 14.7. The SMILES string of the molecule is COc1cccc([C@H]2OC(/C=C/CC(=O)N3CCC(CC(=O)O)CC3)C(=N)N(C(N)CC(C)(C)C)c3ccc(Cl)cc32)c1OC. The molecule has 0 spiro atoms. The minimum atomic E-state index is -0.864. The molecular formula is C34H45ClN4O6. The van der Waals surface area contributed by atoms with Crippen molar-refractivity contribution in [3.8, 4) is 11.5 Å². The van der Waals surface area contributed by atoms with E-state index in [2.05, 4.69) is 20.8 Å². The Morgan fingerprint density at radius 1 is 1.16 bits per heavy atom. The Balaban J connectivity index is 1.69. The molecule has 1 amide bonds. The van der Waals surface area contributed by atoms with Crippen LogP contribution in [0.15, 0.2) is 48.6 Å². The van der Waals surface area contributed by atoms with Gasteiger partial charge in [-0.3, -0.25) is 15.0 Å². The number of nitrogens with zero attached hydrogens (tertiary/aromatic N) is 2. The lowest BCUT2D eigenvalue weighted by atomic mass is 9.90. The lowest BCUT2D eigenvalue weighted by Crippen LogP contribution is -2.50. The van der Waals surface area contributed by atoms with Gasteiger partial charge in [-0.2, -0.15) is 0 Å². The quantitative estimate of drug-likeness (QED) is 0.269. The van der Waals surface area contributed by atoms with Crippen LogP contribution in [0.25, 0.3) is 0 Å². The van der Waals surface area contributed by atoms with Crippen LogP contribution in [0.4, 0.5) is 5.69 Å². The number of carbonyl (C=O) groups excluding carboxylic acids is 1. The highest BCUT2D eigenvalue weighted by Gasteiger charge is 2.38. The molecule has 0 aromatic heterocycles. The molecule has 1 fully saturated rings. The number of fused-ring (bicyclic) bond motifs is 1. The van der Waals surface area contributed by atoms with E-state index in [-0.39, 0.29) is 35.9 Å². The predicted molar refractivity (Wildman–Crippen MR) is 175 cm³/mol. The summed E-state index contributed by atoms with van der Waals surface area (Å²) in [5, 5.41) is 19.0. The normalized spacial score (nSPS) is 20.1. The van der Waals surface area contributed by atoms with Gasteiger partial charge in [0.25, 0.3) is 0 Å². The van der Waals surface area contributed by atoms with Gasteiger partial charge >= 0.3 is 5.97 Å². The van der Waals surface area contributed by atoms with Crippen LogP contribution >= 0.6 is 11.6 Å². The Morgan fingerprint density at radius 2 is 1.87 bits per heavy atom. The molecule has 4 rings (SSSR count). The number of amidine groups is 1. The summed E-state index contributed by atoms with van der Waals surface area (Å²) in [5.74, 6) is 0.400. The zero-order valence-corrected chi connectivity index (χ0v) is 27.5. The fourth-order valence-corrected chi connectivity index (χ4v) is 6.31. The summed E-state index contributed by atoms with van der Waals surface area (Å²) in [4.78, 5) is 27.7. The van der Waals surface area contributed by atoms with E-state index >= 15 is 0 Å². The lowest BCUT2D eigenvalue weighted by molar-refractivity contribution is -0.138. The summed E-state index contributed by atoms with van der Waals surface area (Å²) in [5.41, 5.74) is 8.84. The Morgan fingerprint density at radius 3 is 2.49 bits per heavy atom. The highest BCUT2D eigenvalue weighted by atomic mass is 35.5. The fraction of sp³-hybridized carbons (Fsp3) is 0.500. The number of ether oxygens (including phenoxy) is 3. The summed E-state index contributed by atoms with van der Waals surface area (Å²) in [6.45, 7) is 7.37. The molecule has 10 nitrogen and oxygen atoms in total. The number of likely N-dealkylation sites (tertiary alicyclic amines) is 1. The molecule has 45 heavy (non-hydrogen) atoms. The first kappa shape index (κ1) is 34.3. The third-order valence-corrected chi connectivity index (χ3v) is 8.48. The van der Waals surface area contributed by atoms with Crippen LogP contribution in [0.5, 0.6) is 11.5 Å². The van der Waals surface area contributed by atoms with Crippen LogP contribution in [-0.2, 0) is 14.3 Å². The Kier molecular flexibility index (Phi) is 11.2. The molecule has 244 valence electrons. The summed E-state index contributed by atoms with van der Waals surface area (Å²) < 4.78 is 18.1. The van der Waals surface area contributed by atoms with E-state index in [0.29, 0.717) is 60.1 Å². The second-order valence-electron chi connectivity index (χ2n) is 12.9. The first-order valence-corrected chi connectivity index (χ1v) is 15.7. The largest absolute Gasteiger partial charge is 0.493 e. The third-order valence-electron chi connectivity index (χ3n) is 8.25.